The molecule has 3 N–H and O–H groups in total. The molecular formula is C15H28O6. The van der Waals surface area contributed by atoms with Crippen LogP contribution in [-0.4, -0.2) is 52.5 Å². The van der Waals surface area contributed by atoms with Gasteiger partial charge in [0.05, 0.1) is 6.61 Å². The molecule has 0 aromatic rings. The van der Waals surface area contributed by atoms with Crippen LogP contribution in [0.15, 0.2) is 0 Å². The van der Waals surface area contributed by atoms with Crippen molar-refractivity contribution in [2.24, 2.45) is 0 Å². The number of aliphatic hydroxyl groups is 3. The summed E-state index contributed by atoms with van der Waals surface area (Å²) in [6.45, 7) is 1.46. The van der Waals surface area contributed by atoms with Crippen molar-refractivity contribution >= 4 is 12.3 Å². The van der Waals surface area contributed by atoms with E-state index in [4.69, 9.17) is 9.84 Å². The molecular weight excluding hydrogens is 276 g/mol. The largest absolute Gasteiger partial charge is 0.456 e. The van der Waals surface area contributed by atoms with E-state index in [0.29, 0.717) is 6.42 Å². The molecule has 6 heteroatoms. The lowest BCUT2D eigenvalue weighted by Crippen LogP contribution is -2.43. The lowest BCUT2D eigenvalue weighted by molar-refractivity contribution is -0.167. The second kappa shape index (κ2) is 12.7. The number of carbonyl (C=O) groups excluding carboxylic acids is 2. The third kappa shape index (κ3) is 9.55. The molecule has 0 radical (unpaired) electrons. The molecule has 0 aromatic heterocycles. The van der Waals surface area contributed by atoms with Crippen molar-refractivity contribution < 1.29 is 29.6 Å². The maximum absolute atomic E-state index is 11.6. The smallest absolute Gasteiger partial charge is 0.306 e. The summed E-state index contributed by atoms with van der Waals surface area (Å²) in [4.78, 5) is 22.1. The van der Waals surface area contributed by atoms with E-state index in [2.05, 4.69) is 6.92 Å². The maximum atomic E-state index is 11.6. The van der Waals surface area contributed by atoms with Gasteiger partial charge in [-0.25, -0.2) is 0 Å². The van der Waals surface area contributed by atoms with E-state index in [0.717, 1.165) is 19.3 Å². The van der Waals surface area contributed by atoms with Gasteiger partial charge in [0.15, 0.2) is 12.4 Å². The Bertz CT molecular complexity index is 281. The van der Waals surface area contributed by atoms with Crippen molar-refractivity contribution in [1.82, 2.24) is 0 Å². The molecule has 0 heterocycles. The molecule has 3 atom stereocenters. The summed E-state index contributed by atoms with van der Waals surface area (Å²) in [5.74, 6) is -0.582. The average Bonchev–Trinajstić information content (AvgIpc) is 2.50. The topological polar surface area (TPSA) is 104 Å². The van der Waals surface area contributed by atoms with Crippen molar-refractivity contribution in [1.29, 1.82) is 0 Å². The zero-order chi connectivity index (χ0) is 16.1. The molecule has 0 saturated heterocycles. The van der Waals surface area contributed by atoms with Gasteiger partial charge in [0.25, 0.3) is 0 Å². The number of aldehydes is 1. The van der Waals surface area contributed by atoms with Crippen LogP contribution in [0.25, 0.3) is 0 Å². The van der Waals surface area contributed by atoms with Crippen LogP contribution in [0.5, 0.6) is 0 Å². The number of ether oxygens (including phenoxy) is 1. The summed E-state index contributed by atoms with van der Waals surface area (Å²) >= 11 is 0. The Hall–Kier alpha value is -0.980. The van der Waals surface area contributed by atoms with E-state index >= 15 is 0 Å². The van der Waals surface area contributed by atoms with Crippen molar-refractivity contribution in [2.45, 2.75) is 76.6 Å². The summed E-state index contributed by atoms with van der Waals surface area (Å²) < 4.78 is 4.87. The lowest BCUT2D eigenvalue weighted by atomic mass is 10.1. The Balaban J connectivity index is 3.90. The fourth-order valence-corrected chi connectivity index (χ4v) is 1.99. The van der Waals surface area contributed by atoms with Crippen LogP contribution in [-0.2, 0) is 14.3 Å². The van der Waals surface area contributed by atoms with Crippen LogP contribution in [0.2, 0.25) is 0 Å². The first-order valence-electron chi connectivity index (χ1n) is 7.68. The molecule has 0 saturated carbocycles. The van der Waals surface area contributed by atoms with E-state index in [1.807, 2.05) is 0 Å². The van der Waals surface area contributed by atoms with Gasteiger partial charge in [-0.05, 0) is 6.42 Å². The zero-order valence-electron chi connectivity index (χ0n) is 12.7. The average molecular weight is 304 g/mol. The van der Waals surface area contributed by atoms with Crippen LogP contribution in [0.4, 0.5) is 0 Å². The van der Waals surface area contributed by atoms with Gasteiger partial charge in [-0.1, -0.05) is 45.4 Å². The number of hydrogen-bond donors (Lipinski definition) is 3. The summed E-state index contributed by atoms with van der Waals surface area (Å²) in [6.07, 6.45) is 3.26. The predicted molar refractivity (Wildman–Crippen MR) is 77.7 cm³/mol. The predicted octanol–water partition coefficient (Wildman–Crippen LogP) is 0.952. The van der Waals surface area contributed by atoms with E-state index in [1.165, 1.54) is 19.3 Å². The highest BCUT2D eigenvalue weighted by Crippen LogP contribution is 2.11. The number of rotatable bonds is 13. The minimum absolute atomic E-state index is 0.171. The van der Waals surface area contributed by atoms with Gasteiger partial charge in [-0.2, -0.15) is 0 Å². The number of esters is 1. The van der Waals surface area contributed by atoms with Crippen LogP contribution in [0.3, 0.4) is 0 Å². The zero-order valence-corrected chi connectivity index (χ0v) is 12.7. The number of aliphatic hydroxyl groups excluding tert-OH is 3. The van der Waals surface area contributed by atoms with Crippen molar-refractivity contribution in [3.8, 4) is 0 Å². The first kappa shape index (κ1) is 20.0. The molecule has 0 aliphatic rings. The monoisotopic (exact) mass is 304 g/mol. The third-order valence-corrected chi connectivity index (χ3v) is 3.29. The number of unbranched alkanes of at least 4 members (excludes halogenated alkanes) is 6. The first-order chi connectivity index (χ1) is 10.1. The molecule has 0 aliphatic heterocycles. The van der Waals surface area contributed by atoms with Gasteiger partial charge in [0.1, 0.15) is 12.2 Å². The maximum Gasteiger partial charge on any atom is 0.306 e. The summed E-state index contributed by atoms with van der Waals surface area (Å²) in [5, 5.41) is 27.6. The van der Waals surface area contributed by atoms with E-state index in [1.54, 1.807) is 0 Å². The summed E-state index contributed by atoms with van der Waals surface area (Å²) in [7, 11) is 0. The Kier molecular flexibility index (Phi) is 12.1. The van der Waals surface area contributed by atoms with Gasteiger partial charge < -0.3 is 24.9 Å². The Morgan fingerprint density at radius 1 is 1.10 bits per heavy atom. The number of carbonyl (C=O) groups is 2. The number of hydrogen-bond acceptors (Lipinski definition) is 6. The van der Waals surface area contributed by atoms with Gasteiger partial charge in [-0.3, -0.25) is 4.79 Å². The molecule has 0 unspecified atom stereocenters. The third-order valence-electron chi connectivity index (χ3n) is 3.29. The molecule has 21 heavy (non-hydrogen) atoms. The minimum atomic E-state index is -1.63. The van der Waals surface area contributed by atoms with Gasteiger partial charge in [0, 0.05) is 6.42 Å². The van der Waals surface area contributed by atoms with Crippen LogP contribution in [0.1, 0.15) is 58.3 Å². The molecule has 0 fully saturated rings. The second-order valence-corrected chi connectivity index (χ2v) is 5.20. The summed E-state index contributed by atoms with van der Waals surface area (Å²) in [5.41, 5.74) is 0. The van der Waals surface area contributed by atoms with Gasteiger partial charge >= 0.3 is 5.97 Å². The lowest BCUT2D eigenvalue weighted by Gasteiger charge is -2.23. The van der Waals surface area contributed by atoms with Crippen LogP contribution >= 0.6 is 0 Å². The molecule has 0 spiro atoms. The van der Waals surface area contributed by atoms with E-state index < -0.39 is 30.9 Å². The van der Waals surface area contributed by atoms with E-state index in [-0.39, 0.29) is 12.7 Å². The van der Waals surface area contributed by atoms with Crippen LogP contribution < -0.4 is 0 Å². The first-order valence-corrected chi connectivity index (χ1v) is 7.68. The Morgan fingerprint density at radius 2 is 1.67 bits per heavy atom. The molecule has 0 aromatic carbocycles. The fraction of sp³-hybridized carbons (Fsp3) is 0.867. The SMILES string of the molecule is CCCCCCCCCC(=O)O[C@@H]([C@H](O)CO)[C@@H](O)C=O. The Labute approximate surface area is 126 Å². The quantitative estimate of drug-likeness (QED) is 0.266. The van der Waals surface area contributed by atoms with Gasteiger partial charge in [-0.15, -0.1) is 0 Å². The highest BCUT2D eigenvalue weighted by Gasteiger charge is 2.29. The molecule has 0 rings (SSSR count). The molecule has 6 nitrogen and oxygen atoms in total. The van der Waals surface area contributed by atoms with Crippen molar-refractivity contribution in [3.05, 3.63) is 0 Å². The standard InChI is InChI=1S/C15H28O6/c1-2-3-4-5-6-7-8-9-14(20)21-15(12(18)10-16)13(19)11-17/h10,12-13,15,17-19H,2-9,11H2,1H3/t12-,13+,15+/m0/s1. The Morgan fingerprint density at radius 3 is 2.19 bits per heavy atom. The second-order valence-electron chi connectivity index (χ2n) is 5.20. The van der Waals surface area contributed by atoms with E-state index in [9.17, 15) is 19.8 Å². The highest BCUT2D eigenvalue weighted by atomic mass is 16.6. The molecule has 0 amide bonds. The molecule has 124 valence electrons. The van der Waals surface area contributed by atoms with Gasteiger partial charge in [0.2, 0.25) is 0 Å². The van der Waals surface area contributed by atoms with Crippen molar-refractivity contribution in [3.63, 3.8) is 0 Å². The fourth-order valence-electron chi connectivity index (χ4n) is 1.99. The minimum Gasteiger partial charge on any atom is -0.456 e. The van der Waals surface area contributed by atoms with Crippen LogP contribution in [0, 0.1) is 0 Å². The normalized spacial score (nSPS) is 15.2. The highest BCUT2D eigenvalue weighted by molar-refractivity contribution is 5.70. The van der Waals surface area contributed by atoms with Crippen molar-refractivity contribution in [2.75, 3.05) is 6.61 Å². The molecule has 0 aliphatic carbocycles. The molecule has 0 bridgehead atoms. The summed E-state index contributed by atoms with van der Waals surface area (Å²) in [6, 6.07) is 0.